The third-order valence-corrected chi connectivity index (χ3v) is 3.92. The molecule has 0 aliphatic carbocycles. The van der Waals surface area contributed by atoms with Gasteiger partial charge < -0.3 is 11.1 Å². The largest absolute Gasteiger partial charge is 0.329 e. The summed E-state index contributed by atoms with van der Waals surface area (Å²) in [6, 6.07) is 18.1. The molecule has 0 aliphatic rings. The van der Waals surface area contributed by atoms with Crippen molar-refractivity contribution in [3.05, 3.63) is 72.6 Å². The summed E-state index contributed by atoms with van der Waals surface area (Å²) in [5, 5.41) is 3.24. The molecule has 0 spiro atoms. The van der Waals surface area contributed by atoms with E-state index in [0.717, 1.165) is 41.2 Å². The Balaban J connectivity index is 1.87. The van der Waals surface area contributed by atoms with E-state index in [1.807, 2.05) is 42.6 Å². The van der Waals surface area contributed by atoms with Crippen LogP contribution in [-0.2, 0) is 0 Å². The highest BCUT2D eigenvalue weighted by molar-refractivity contribution is 5.91. The van der Waals surface area contributed by atoms with Gasteiger partial charge in [0, 0.05) is 54.9 Å². The molecule has 0 bridgehead atoms. The van der Waals surface area contributed by atoms with E-state index in [1.165, 1.54) is 0 Å². The fraction of sp³-hybridized carbons (Fsp3) is 0.190. The molecule has 3 N–H and O–H groups in total. The van der Waals surface area contributed by atoms with Crippen LogP contribution in [0.1, 0.15) is 5.56 Å². The molecular formula is C21H23N5. The first-order valence-electron chi connectivity index (χ1n) is 8.76. The summed E-state index contributed by atoms with van der Waals surface area (Å²) < 4.78 is 0. The molecule has 3 rings (SSSR count). The average molecular weight is 345 g/mol. The van der Waals surface area contributed by atoms with Crippen LogP contribution < -0.4 is 11.1 Å². The van der Waals surface area contributed by atoms with Gasteiger partial charge >= 0.3 is 0 Å². The summed E-state index contributed by atoms with van der Waals surface area (Å²) in [4.78, 5) is 13.5. The van der Waals surface area contributed by atoms with Gasteiger partial charge in [0.05, 0.1) is 17.9 Å². The zero-order chi connectivity index (χ0) is 18.0. The molecule has 26 heavy (non-hydrogen) atoms. The third kappa shape index (κ3) is 4.81. The lowest BCUT2D eigenvalue weighted by atomic mass is 9.99. The highest BCUT2D eigenvalue weighted by Crippen LogP contribution is 2.26. The molecule has 0 atom stereocenters. The number of nitrogens with one attached hydrogen (secondary N) is 1. The standard InChI is InChI=1S/C21H23N5/c22-9-12-23-13-14-24-16-18-8-7-17(20-5-1-3-10-25-20)15-19(18)21-6-2-4-11-26-21/h1-8,10-11,15-16,23H,9,12-14,22H2. The van der Waals surface area contributed by atoms with Crippen LogP contribution in [0, 0.1) is 0 Å². The van der Waals surface area contributed by atoms with E-state index >= 15 is 0 Å². The predicted molar refractivity (Wildman–Crippen MR) is 107 cm³/mol. The minimum atomic E-state index is 0.641. The number of benzene rings is 1. The van der Waals surface area contributed by atoms with Crippen molar-refractivity contribution in [2.75, 3.05) is 26.2 Å². The van der Waals surface area contributed by atoms with Crippen molar-refractivity contribution in [1.29, 1.82) is 0 Å². The number of hydrogen-bond acceptors (Lipinski definition) is 5. The van der Waals surface area contributed by atoms with Gasteiger partial charge in [-0.3, -0.25) is 15.0 Å². The Morgan fingerprint density at radius 3 is 2.38 bits per heavy atom. The zero-order valence-corrected chi connectivity index (χ0v) is 14.7. The molecule has 0 unspecified atom stereocenters. The third-order valence-electron chi connectivity index (χ3n) is 3.92. The van der Waals surface area contributed by atoms with Crippen LogP contribution in [0.3, 0.4) is 0 Å². The van der Waals surface area contributed by atoms with Crippen molar-refractivity contribution in [3.63, 3.8) is 0 Å². The van der Waals surface area contributed by atoms with Crippen molar-refractivity contribution >= 4 is 6.21 Å². The van der Waals surface area contributed by atoms with Crippen LogP contribution in [0.4, 0.5) is 0 Å². The minimum Gasteiger partial charge on any atom is -0.329 e. The molecule has 132 valence electrons. The first-order chi connectivity index (χ1) is 12.9. The lowest BCUT2D eigenvalue weighted by Crippen LogP contribution is -2.24. The zero-order valence-electron chi connectivity index (χ0n) is 14.7. The number of hydrogen-bond donors (Lipinski definition) is 2. The molecule has 3 aromatic rings. The van der Waals surface area contributed by atoms with Gasteiger partial charge in [-0.25, -0.2) is 0 Å². The van der Waals surface area contributed by atoms with Crippen LogP contribution in [0.25, 0.3) is 22.5 Å². The second-order valence-electron chi connectivity index (χ2n) is 5.81. The summed E-state index contributed by atoms with van der Waals surface area (Å²) in [5.74, 6) is 0. The van der Waals surface area contributed by atoms with Crippen molar-refractivity contribution in [2.24, 2.45) is 10.7 Å². The Labute approximate surface area is 154 Å². The van der Waals surface area contributed by atoms with Crippen molar-refractivity contribution in [1.82, 2.24) is 15.3 Å². The molecule has 0 amide bonds. The van der Waals surface area contributed by atoms with Crippen LogP contribution in [0.15, 0.2) is 72.0 Å². The maximum Gasteiger partial charge on any atom is 0.0708 e. The smallest absolute Gasteiger partial charge is 0.0708 e. The Kier molecular flexibility index (Phi) is 6.59. The van der Waals surface area contributed by atoms with Crippen LogP contribution in [-0.4, -0.2) is 42.4 Å². The summed E-state index contributed by atoms with van der Waals surface area (Å²) >= 11 is 0. The first-order valence-corrected chi connectivity index (χ1v) is 8.76. The second kappa shape index (κ2) is 9.56. The lowest BCUT2D eigenvalue weighted by molar-refractivity contribution is 0.697. The maximum atomic E-state index is 5.47. The Morgan fingerprint density at radius 1 is 0.923 bits per heavy atom. The van der Waals surface area contributed by atoms with E-state index in [4.69, 9.17) is 5.73 Å². The average Bonchev–Trinajstić information content (AvgIpc) is 2.72. The SMILES string of the molecule is NCCNCCN=Cc1ccc(-c2ccccn2)cc1-c1ccccn1. The van der Waals surface area contributed by atoms with Gasteiger partial charge in [0.1, 0.15) is 0 Å². The van der Waals surface area contributed by atoms with Crippen molar-refractivity contribution in [2.45, 2.75) is 0 Å². The maximum absolute atomic E-state index is 5.47. The van der Waals surface area contributed by atoms with Gasteiger partial charge in [0.15, 0.2) is 0 Å². The lowest BCUT2D eigenvalue weighted by Gasteiger charge is -2.09. The highest BCUT2D eigenvalue weighted by Gasteiger charge is 2.08. The Hall–Kier alpha value is -2.89. The molecule has 0 saturated carbocycles. The van der Waals surface area contributed by atoms with E-state index in [2.05, 4.69) is 38.5 Å². The number of rotatable bonds is 8. The van der Waals surface area contributed by atoms with E-state index < -0.39 is 0 Å². The predicted octanol–water partition coefficient (Wildman–Crippen LogP) is 2.78. The van der Waals surface area contributed by atoms with E-state index in [9.17, 15) is 0 Å². The normalized spacial score (nSPS) is 11.1. The van der Waals surface area contributed by atoms with Crippen LogP contribution in [0.5, 0.6) is 0 Å². The number of aromatic nitrogens is 2. The number of aliphatic imine (C=N–C) groups is 1. The quantitative estimate of drug-likeness (QED) is 0.486. The fourth-order valence-corrected chi connectivity index (χ4v) is 2.64. The summed E-state index contributed by atoms with van der Waals surface area (Å²) in [6.45, 7) is 2.98. The summed E-state index contributed by atoms with van der Waals surface area (Å²) in [5.41, 5.74) is 10.5. The number of nitrogens with two attached hydrogens (primary N) is 1. The molecule has 0 aliphatic heterocycles. The molecule has 0 saturated heterocycles. The van der Waals surface area contributed by atoms with E-state index in [1.54, 1.807) is 12.4 Å². The monoisotopic (exact) mass is 345 g/mol. The van der Waals surface area contributed by atoms with Gasteiger partial charge in [-0.2, -0.15) is 0 Å². The second-order valence-corrected chi connectivity index (χ2v) is 5.81. The molecule has 0 radical (unpaired) electrons. The molecular weight excluding hydrogens is 322 g/mol. The Morgan fingerprint density at radius 2 is 1.69 bits per heavy atom. The van der Waals surface area contributed by atoms with Crippen LogP contribution in [0.2, 0.25) is 0 Å². The van der Waals surface area contributed by atoms with E-state index in [0.29, 0.717) is 13.1 Å². The molecule has 2 aromatic heterocycles. The Bertz CT molecular complexity index is 832. The van der Waals surface area contributed by atoms with E-state index in [-0.39, 0.29) is 0 Å². The van der Waals surface area contributed by atoms with Gasteiger partial charge in [-0.1, -0.05) is 24.3 Å². The molecule has 1 aromatic carbocycles. The van der Waals surface area contributed by atoms with Gasteiger partial charge in [0.25, 0.3) is 0 Å². The van der Waals surface area contributed by atoms with Gasteiger partial charge in [0.2, 0.25) is 0 Å². The molecule has 0 fully saturated rings. The number of pyridine rings is 2. The van der Waals surface area contributed by atoms with Crippen molar-refractivity contribution in [3.8, 4) is 22.5 Å². The first kappa shape index (κ1) is 17.9. The topological polar surface area (TPSA) is 76.2 Å². The summed E-state index contributed by atoms with van der Waals surface area (Å²) in [6.07, 6.45) is 5.52. The van der Waals surface area contributed by atoms with Crippen molar-refractivity contribution < 1.29 is 0 Å². The number of nitrogens with zero attached hydrogens (tertiary/aromatic N) is 3. The molecule has 5 nitrogen and oxygen atoms in total. The van der Waals surface area contributed by atoms with Gasteiger partial charge in [-0.15, -0.1) is 0 Å². The molecule has 5 heteroatoms. The minimum absolute atomic E-state index is 0.641. The highest BCUT2D eigenvalue weighted by atomic mass is 14.9. The fourth-order valence-electron chi connectivity index (χ4n) is 2.64. The summed E-state index contributed by atoms with van der Waals surface area (Å²) in [7, 11) is 0. The molecule has 2 heterocycles. The van der Waals surface area contributed by atoms with Gasteiger partial charge in [-0.05, 0) is 30.3 Å². The van der Waals surface area contributed by atoms with Crippen LogP contribution >= 0.6 is 0 Å².